The highest BCUT2D eigenvalue weighted by molar-refractivity contribution is 5.74. The van der Waals surface area contributed by atoms with Crippen LogP contribution in [0.5, 0.6) is 0 Å². The smallest absolute Gasteiger partial charge is 0.243 e. The Balaban J connectivity index is 2.96. The van der Waals surface area contributed by atoms with Crippen molar-refractivity contribution in [3.63, 3.8) is 0 Å². The lowest BCUT2D eigenvalue weighted by Crippen LogP contribution is -2.20. The molecule has 0 aliphatic heterocycles. The lowest BCUT2D eigenvalue weighted by atomic mass is 10.5. The van der Waals surface area contributed by atoms with Gasteiger partial charge >= 0.3 is 0 Å². The molecule has 0 aliphatic rings. The van der Waals surface area contributed by atoms with Crippen molar-refractivity contribution in [3.8, 4) is 0 Å². The predicted octanol–water partition coefficient (Wildman–Crippen LogP) is -0.0187. The summed E-state index contributed by atoms with van der Waals surface area (Å²) < 4.78 is 31.5. The Bertz CT molecular complexity index is 254. The largest absolute Gasteiger partial charge is 0.379 e. The Morgan fingerprint density at radius 3 is 1.22 bits per heavy atom. The molecule has 0 fully saturated rings. The fourth-order valence-electron chi connectivity index (χ4n) is 1.42. The van der Waals surface area contributed by atoms with Gasteiger partial charge in [0.25, 0.3) is 0 Å². The molecule has 0 rings (SSSR count). The molecule has 8 nitrogen and oxygen atoms in total. The molecule has 23 heavy (non-hydrogen) atoms. The van der Waals surface area contributed by atoms with Gasteiger partial charge in [-0.1, -0.05) is 6.92 Å². The van der Waals surface area contributed by atoms with Gasteiger partial charge in [-0.05, 0) is 6.42 Å². The highest BCUT2D eigenvalue weighted by atomic mass is 16.6. The van der Waals surface area contributed by atoms with Gasteiger partial charge in [0.1, 0.15) is 6.61 Å². The normalized spacial score (nSPS) is 11.0. The molecule has 0 spiro atoms. The number of amides is 1. The van der Waals surface area contributed by atoms with Gasteiger partial charge in [0.2, 0.25) is 5.91 Å². The molecule has 0 heterocycles. The molecule has 1 amide bonds. The van der Waals surface area contributed by atoms with E-state index in [0.29, 0.717) is 66.1 Å². The number of hydrogen-bond acceptors (Lipinski definition) is 7. The van der Waals surface area contributed by atoms with Gasteiger partial charge in [-0.2, -0.15) is 0 Å². The number of hydrogen-bond donors (Lipinski definition) is 1. The molecule has 0 atom stereocenters. The SMILES string of the molecule is CCCOCCOCCOCCOCCOCCOCC(N)=O. The Morgan fingerprint density at radius 1 is 0.609 bits per heavy atom. The highest BCUT2D eigenvalue weighted by Gasteiger charge is 1.95. The van der Waals surface area contributed by atoms with Gasteiger partial charge in [0.15, 0.2) is 0 Å². The molecular formula is C15H31NO7. The van der Waals surface area contributed by atoms with Crippen molar-refractivity contribution in [2.45, 2.75) is 13.3 Å². The molecule has 0 aromatic carbocycles. The Kier molecular flexibility index (Phi) is 18.6. The van der Waals surface area contributed by atoms with Crippen molar-refractivity contribution in [2.24, 2.45) is 5.73 Å². The quantitative estimate of drug-likeness (QED) is 0.331. The van der Waals surface area contributed by atoms with Crippen molar-refractivity contribution in [1.82, 2.24) is 0 Å². The minimum absolute atomic E-state index is 0.0767. The third-order valence-electron chi connectivity index (χ3n) is 2.45. The van der Waals surface area contributed by atoms with Gasteiger partial charge < -0.3 is 34.2 Å². The Labute approximate surface area is 138 Å². The first-order chi connectivity index (χ1) is 11.3. The van der Waals surface area contributed by atoms with Crippen LogP contribution in [-0.2, 0) is 33.2 Å². The van der Waals surface area contributed by atoms with Crippen LogP contribution in [0.4, 0.5) is 0 Å². The first-order valence-electron chi connectivity index (χ1n) is 8.02. The second-order valence-corrected chi connectivity index (χ2v) is 4.58. The third-order valence-corrected chi connectivity index (χ3v) is 2.45. The summed E-state index contributed by atoms with van der Waals surface area (Å²) in [6, 6.07) is 0. The van der Waals surface area contributed by atoms with Gasteiger partial charge in [0, 0.05) is 6.61 Å². The minimum atomic E-state index is -0.483. The Morgan fingerprint density at radius 2 is 0.913 bits per heavy atom. The zero-order chi connectivity index (χ0) is 17.0. The maximum Gasteiger partial charge on any atom is 0.243 e. The van der Waals surface area contributed by atoms with Crippen LogP contribution in [0.2, 0.25) is 0 Å². The summed E-state index contributed by atoms with van der Waals surface area (Å²) in [5.74, 6) is -0.483. The van der Waals surface area contributed by atoms with Gasteiger partial charge in [0.05, 0.1) is 66.1 Å². The summed E-state index contributed by atoms with van der Waals surface area (Å²) in [4.78, 5) is 10.4. The Hall–Kier alpha value is -0.770. The monoisotopic (exact) mass is 337 g/mol. The van der Waals surface area contributed by atoms with Crippen LogP contribution in [-0.4, -0.2) is 85.2 Å². The van der Waals surface area contributed by atoms with E-state index >= 15 is 0 Å². The van der Waals surface area contributed by atoms with Crippen LogP contribution in [0, 0.1) is 0 Å². The lowest BCUT2D eigenvalue weighted by molar-refractivity contribution is -0.123. The van der Waals surface area contributed by atoms with Crippen molar-refractivity contribution in [3.05, 3.63) is 0 Å². The third kappa shape index (κ3) is 21.2. The molecule has 0 aromatic rings. The molecule has 0 saturated heterocycles. The number of carbonyl (C=O) groups is 1. The molecule has 0 unspecified atom stereocenters. The molecule has 2 N–H and O–H groups in total. The zero-order valence-corrected chi connectivity index (χ0v) is 14.1. The topological polar surface area (TPSA) is 98.5 Å². The van der Waals surface area contributed by atoms with E-state index in [-0.39, 0.29) is 6.61 Å². The fourth-order valence-corrected chi connectivity index (χ4v) is 1.42. The molecule has 0 saturated carbocycles. The van der Waals surface area contributed by atoms with Crippen LogP contribution in [0.1, 0.15) is 13.3 Å². The maximum atomic E-state index is 10.4. The molecule has 138 valence electrons. The summed E-state index contributed by atoms with van der Waals surface area (Å²) in [5, 5.41) is 0. The van der Waals surface area contributed by atoms with Crippen LogP contribution in [0.25, 0.3) is 0 Å². The first kappa shape index (κ1) is 22.2. The van der Waals surface area contributed by atoms with E-state index < -0.39 is 5.91 Å². The van der Waals surface area contributed by atoms with Crippen LogP contribution >= 0.6 is 0 Å². The molecule has 0 aromatic heterocycles. The summed E-state index contributed by atoms with van der Waals surface area (Å²) in [6.45, 7) is 7.86. The van der Waals surface area contributed by atoms with E-state index in [2.05, 4.69) is 6.92 Å². The lowest BCUT2D eigenvalue weighted by Gasteiger charge is -2.07. The standard InChI is InChI=1S/C15H31NO7/c1-2-3-18-4-5-19-6-7-20-8-9-21-10-11-22-12-13-23-14-15(16)17/h2-14H2,1H3,(H2,16,17). The molecule has 0 bridgehead atoms. The number of ether oxygens (including phenoxy) is 6. The summed E-state index contributed by atoms with van der Waals surface area (Å²) in [5.41, 5.74) is 4.91. The average molecular weight is 337 g/mol. The van der Waals surface area contributed by atoms with E-state index in [4.69, 9.17) is 34.2 Å². The number of rotatable bonds is 19. The molecule has 0 aliphatic carbocycles. The van der Waals surface area contributed by atoms with E-state index in [1.54, 1.807) is 0 Å². The van der Waals surface area contributed by atoms with Crippen LogP contribution < -0.4 is 5.73 Å². The predicted molar refractivity (Wildman–Crippen MR) is 84.4 cm³/mol. The van der Waals surface area contributed by atoms with Crippen LogP contribution in [0.3, 0.4) is 0 Å². The highest BCUT2D eigenvalue weighted by Crippen LogP contribution is 1.85. The van der Waals surface area contributed by atoms with E-state index in [9.17, 15) is 4.79 Å². The van der Waals surface area contributed by atoms with Crippen LogP contribution in [0.15, 0.2) is 0 Å². The molecule has 0 radical (unpaired) electrons. The summed E-state index contributed by atoms with van der Waals surface area (Å²) in [6.07, 6.45) is 1.03. The van der Waals surface area contributed by atoms with Gasteiger partial charge in [-0.3, -0.25) is 4.79 Å². The fraction of sp³-hybridized carbons (Fsp3) is 0.933. The minimum Gasteiger partial charge on any atom is -0.379 e. The van der Waals surface area contributed by atoms with E-state index in [1.807, 2.05) is 0 Å². The van der Waals surface area contributed by atoms with Gasteiger partial charge in [-0.25, -0.2) is 0 Å². The summed E-state index contributed by atoms with van der Waals surface area (Å²) >= 11 is 0. The zero-order valence-electron chi connectivity index (χ0n) is 14.1. The van der Waals surface area contributed by atoms with E-state index in [1.165, 1.54) is 0 Å². The molecular weight excluding hydrogens is 306 g/mol. The first-order valence-corrected chi connectivity index (χ1v) is 8.02. The number of carbonyl (C=O) groups excluding carboxylic acids is 1. The van der Waals surface area contributed by atoms with E-state index in [0.717, 1.165) is 13.0 Å². The summed E-state index contributed by atoms with van der Waals surface area (Å²) in [7, 11) is 0. The number of nitrogens with two attached hydrogens (primary N) is 1. The maximum absolute atomic E-state index is 10.4. The van der Waals surface area contributed by atoms with Crippen molar-refractivity contribution >= 4 is 5.91 Å². The second-order valence-electron chi connectivity index (χ2n) is 4.58. The number of primary amides is 1. The van der Waals surface area contributed by atoms with Crippen molar-refractivity contribution in [1.29, 1.82) is 0 Å². The van der Waals surface area contributed by atoms with Gasteiger partial charge in [-0.15, -0.1) is 0 Å². The second kappa shape index (κ2) is 19.3. The molecule has 8 heteroatoms. The average Bonchev–Trinajstić information content (AvgIpc) is 2.53. The van der Waals surface area contributed by atoms with Crippen molar-refractivity contribution < 1.29 is 33.2 Å². The van der Waals surface area contributed by atoms with Crippen molar-refractivity contribution in [2.75, 3.05) is 79.3 Å².